The number of carbonyl (C=O) groups is 1. The Hall–Kier alpha value is -2.18. The highest BCUT2D eigenvalue weighted by Gasteiger charge is 2.20. The Bertz CT molecular complexity index is 674. The molecule has 2 heterocycles. The molecule has 1 aliphatic heterocycles. The van der Waals surface area contributed by atoms with Gasteiger partial charge in [-0.25, -0.2) is 9.37 Å². The molecule has 0 radical (unpaired) electrons. The lowest BCUT2D eigenvalue weighted by atomic mass is 9.97. The first-order chi connectivity index (χ1) is 11.7. The minimum absolute atomic E-state index is 0. The van der Waals surface area contributed by atoms with E-state index in [2.05, 4.69) is 15.6 Å². The number of aromatic nitrogens is 1. The van der Waals surface area contributed by atoms with Crippen molar-refractivity contribution in [1.29, 1.82) is 0 Å². The largest absolute Gasteiger partial charge is 0.439 e. The van der Waals surface area contributed by atoms with Gasteiger partial charge >= 0.3 is 0 Å². The van der Waals surface area contributed by atoms with Crippen LogP contribution in [0.4, 0.5) is 4.39 Å². The fourth-order valence-corrected chi connectivity index (χ4v) is 2.62. The minimum atomic E-state index is -0.310. The summed E-state index contributed by atoms with van der Waals surface area (Å²) in [5.74, 6) is 0.837. The van der Waals surface area contributed by atoms with Crippen molar-refractivity contribution >= 4 is 18.3 Å². The first-order valence-electron chi connectivity index (χ1n) is 8.07. The van der Waals surface area contributed by atoms with Crippen LogP contribution in [0.3, 0.4) is 0 Å². The standard InChI is InChI=1S/C18H20FN3O2.ClH/c19-15-2-4-16(5-3-15)24-17-6-1-13(11-21-17)12-22-18(23)14-7-9-20-10-8-14;/h1-6,11,14,20H,7-10,12H2,(H,22,23);1H. The molecule has 1 saturated heterocycles. The summed E-state index contributed by atoms with van der Waals surface area (Å²) in [6.45, 7) is 2.25. The van der Waals surface area contributed by atoms with Crippen LogP contribution in [-0.4, -0.2) is 24.0 Å². The van der Waals surface area contributed by atoms with Gasteiger partial charge in [0.05, 0.1) is 0 Å². The van der Waals surface area contributed by atoms with Gasteiger partial charge < -0.3 is 15.4 Å². The maximum Gasteiger partial charge on any atom is 0.223 e. The molecule has 1 aliphatic rings. The van der Waals surface area contributed by atoms with Crippen molar-refractivity contribution in [2.45, 2.75) is 19.4 Å². The van der Waals surface area contributed by atoms with E-state index in [9.17, 15) is 9.18 Å². The average molecular weight is 366 g/mol. The first kappa shape index (κ1) is 19.1. The van der Waals surface area contributed by atoms with Gasteiger partial charge in [-0.05, 0) is 55.8 Å². The fourth-order valence-electron chi connectivity index (χ4n) is 2.62. The number of nitrogens with one attached hydrogen (secondary N) is 2. The number of rotatable bonds is 5. The summed E-state index contributed by atoms with van der Waals surface area (Å²) < 4.78 is 18.4. The van der Waals surface area contributed by atoms with Crippen LogP contribution in [0.15, 0.2) is 42.6 Å². The lowest BCUT2D eigenvalue weighted by Crippen LogP contribution is -2.37. The van der Waals surface area contributed by atoms with E-state index in [-0.39, 0.29) is 30.0 Å². The third-order valence-electron chi connectivity index (χ3n) is 4.01. The number of ether oxygens (including phenoxy) is 1. The maximum absolute atomic E-state index is 12.9. The predicted molar refractivity (Wildman–Crippen MR) is 95.4 cm³/mol. The monoisotopic (exact) mass is 365 g/mol. The number of amides is 1. The molecular weight excluding hydrogens is 345 g/mol. The van der Waals surface area contributed by atoms with E-state index in [1.165, 1.54) is 12.1 Å². The SMILES string of the molecule is Cl.O=C(NCc1ccc(Oc2ccc(F)cc2)nc1)C1CCNCC1. The number of nitrogens with zero attached hydrogens (tertiary/aromatic N) is 1. The number of carbonyl (C=O) groups excluding carboxylic acids is 1. The van der Waals surface area contributed by atoms with E-state index in [4.69, 9.17) is 4.74 Å². The van der Waals surface area contributed by atoms with Crippen LogP contribution < -0.4 is 15.4 Å². The normalized spacial score (nSPS) is 14.4. The molecule has 1 amide bonds. The minimum Gasteiger partial charge on any atom is -0.439 e. The van der Waals surface area contributed by atoms with E-state index < -0.39 is 0 Å². The highest BCUT2D eigenvalue weighted by Crippen LogP contribution is 2.19. The summed E-state index contributed by atoms with van der Waals surface area (Å²) in [5, 5.41) is 6.20. The lowest BCUT2D eigenvalue weighted by Gasteiger charge is -2.21. The van der Waals surface area contributed by atoms with Crippen LogP contribution in [0.25, 0.3) is 0 Å². The molecular formula is C18H21ClFN3O2. The van der Waals surface area contributed by atoms with Gasteiger partial charge in [-0.15, -0.1) is 12.4 Å². The van der Waals surface area contributed by atoms with Gasteiger partial charge in [0.1, 0.15) is 11.6 Å². The van der Waals surface area contributed by atoms with Gasteiger partial charge in [0, 0.05) is 24.7 Å². The Morgan fingerprint density at radius 1 is 1.20 bits per heavy atom. The molecule has 25 heavy (non-hydrogen) atoms. The zero-order valence-electron chi connectivity index (χ0n) is 13.7. The molecule has 3 rings (SSSR count). The van der Waals surface area contributed by atoms with Gasteiger partial charge in [-0.2, -0.15) is 0 Å². The molecule has 1 aromatic carbocycles. The summed E-state index contributed by atoms with van der Waals surface area (Å²) in [6, 6.07) is 9.35. The zero-order valence-corrected chi connectivity index (χ0v) is 14.5. The topological polar surface area (TPSA) is 63.2 Å². The van der Waals surface area contributed by atoms with Crippen molar-refractivity contribution in [3.8, 4) is 11.6 Å². The molecule has 1 fully saturated rings. The second kappa shape index (κ2) is 9.34. The number of hydrogen-bond acceptors (Lipinski definition) is 4. The Morgan fingerprint density at radius 3 is 2.56 bits per heavy atom. The number of hydrogen-bond donors (Lipinski definition) is 2. The molecule has 0 unspecified atom stereocenters. The quantitative estimate of drug-likeness (QED) is 0.854. The van der Waals surface area contributed by atoms with Crippen molar-refractivity contribution in [3.05, 3.63) is 54.0 Å². The van der Waals surface area contributed by atoms with E-state index in [1.807, 2.05) is 6.07 Å². The number of piperidine rings is 1. The van der Waals surface area contributed by atoms with Crippen LogP contribution in [0.5, 0.6) is 11.6 Å². The molecule has 2 aromatic rings. The number of halogens is 2. The summed E-state index contributed by atoms with van der Waals surface area (Å²) in [6.07, 6.45) is 3.44. The van der Waals surface area contributed by atoms with E-state index >= 15 is 0 Å². The maximum atomic E-state index is 12.9. The van der Waals surface area contributed by atoms with E-state index in [1.54, 1.807) is 24.4 Å². The summed E-state index contributed by atoms with van der Waals surface area (Å²) >= 11 is 0. The Morgan fingerprint density at radius 2 is 1.92 bits per heavy atom. The molecule has 0 spiro atoms. The van der Waals surface area contributed by atoms with Gasteiger partial charge in [0.25, 0.3) is 0 Å². The fraction of sp³-hybridized carbons (Fsp3) is 0.333. The predicted octanol–water partition coefficient (Wildman–Crippen LogP) is 3.05. The number of pyridine rings is 1. The van der Waals surface area contributed by atoms with Crippen molar-refractivity contribution in [1.82, 2.24) is 15.6 Å². The Balaban J connectivity index is 0.00000225. The van der Waals surface area contributed by atoms with Crippen molar-refractivity contribution in [3.63, 3.8) is 0 Å². The van der Waals surface area contributed by atoms with Crippen LogP contribution >= 0.6 is 12.4 Å². The molecule has 0 atom stereocenters. The van der Waals surface area contributed by atoms with Gasteiger partial charge in [0.15, 0.2) is 0 Å². The third-order valence-corrected chi connectivity index (χ3v) is 4.01. The highest BCUT2D eigenvalue weighted by molar-refractivity contribution is 5.85. The summed E-state index contributed by atoms with van der Waals surface area (Å²) in [4.78, 5) is 16.3. The molecule has 0 saturated carbocycles. The van der Waals surface area contributed by atoms with Crippen molar-refractivity contribution < 1.29 is 13.9 Å². The third kappa shape index (κ3) is 5.69. The van der Waals surface area contributed by atoms with Crippen LogP contribution in [0, 0.1) is 11.7 Å². The van der Waals surface area contributed by atoms with Crippen molar-refractivity contribution in [2.24, 2.45) is 5.92 Å². The van der Waals surface area contributed by atoms with Gasteiger partial charge in [0.2, 0.25) is 11.8 Å². The second-order valence-corrected chi connectivity index (χ2v) is 5.80. The second-order valence-electron chi connectivity index (χ2n) is 5.80. The van der Waals surface area contributed by atoms with E-state index in [0.29, 0.717) is 18.2 Å². The average Bonchev–Trinajstić information content (AvgIpc) is 2.63. The number of benzene rings is 1. The molecule has 2 N–H and O–H groups in total. The van der Waals surface area contributed by atoms with Crippen LogP contribution in [0.1, 0.15) is 18.4 Å². The van der Waals surface area contributed by atoms with Crippen LogP contribution in [-0.2, 0) is 11.3 Å². The van der Waals surface area contributed by atoms with Crippen LogP contribution in [0.2, 0.25) is 0 Å². The molecule has 0 aliphatic carbocycles. The summed E-state index contributed by atoms with van der Waals surface area (Å²) in [5.41, 5.74) is 0.906. The van der Waals surface area contributed by atoms with Gasteiger partial charge in [-0.1, -0.05) is 6.07 Å². The van der Waals surface area contributed by atoms with Gasteiger partial charge in [-0.3, -0.25) is 4.79 Å². The molecule has 1 aromatic heterocycles. The molecule has 0 bridgehead atoms. The van der Waals surface area contributed by atoms with E-state index in [0.717, 1.165) is 31.5 Å². The highest BCUT2D eigenvalue weighted by atomic mass is 35.5. The van der Waals surface area contributed by atoms with Crippen molar-refractivity contribution in [2.75, 3.05) is 13.1 Å². The first-order valence-corrected chi connectivity index (χ1v) is 8.07. The molecule has 7 heteroatoms. The smallest absolute Gasteiger partial charge is 0.223 e. The Labute approximate surface area is 152 Å². The zero-order chi connectivity index (χ0) is 16.8. The lowest BCUT2D eigenvalue weighted by molar-refractivity contribution is -0.125. The summed E-state index contributed by atoms with van der Waals surface area (Å²) in [7, 11) is 0. The molecule has 5 nitrogen and oxygen atoms in total. The molecule has 134 valence electrons. The Kier molecular flexibility index (Phi) is 7.16.